The zero-order valence-corrected chi connectivity index (χ0v) is 16.7. The number of anilines is 1. The number of nitrogens with one attached hydrogen (secondary N) is 1. The second-order valence-corrected chi connectivity index (χ2v) is 8.03. The number of halogens is 2. The maximum Gasteiger partial charge on any atom is 0.242 e. The van der Waals surface area contributed by atoms with Gasteiger partial charge in [-0.25, -0.2) is 0 Å². The van der Waals surface area contributed by atoms with Crippen LogP contribution in [0, 0.1) is 5.92 Å². The molecule has 1 unspecified atom stereocenters. The molecule has 3 aliphatic rings. The monoisotopic (exact) mass is 413 g/mol. The van der Waals surface area contributed by atoms with E-state index in [2.05, 4.69) is 5.32 Å². The van der Waals surface area contributed by atoms with Crippen LogP contribution in [0.2, 0.25) is 5.02 Å². The van der Waals surface area contributed by atoms with Crippen molar-refractivity contribution in [3.8, 4) is 0 Å². The summed E-state index contributed by atoms with van der Waals surface area (Å²) in [6, 6.07) is 5.57. The molecule has 1 aromatic carbocycles. The lowest BCUT2D eigenvalue weighted by molar-refractivity contribution is -0.142. The third-order valence-corrected chi connectivity index (χ3v) is 6.24. The van der Waals surface area contributed by atoms with E-state index in [4.69, 9.17) is 22.1 Å². The highest BCUT2D eigenvalue weighted by molar-refractivity contribution is 6.31. The molecule has 8 heteroatoms. The molecule has 0 bridgehead atoms. The molecular formula is C19H25Cl2N3O3. The summed E-state index contributed by atoms with van der Waals surface area (Å²) in [4.78, 5) is 27.2. The van der Waals surface area contributed by atoms with Crippen LogP contribution in [0.5, 0.6) is 0 Å². The Bertz CT molecular complexity index is 729. The highest BCUT2D eigenvalue weighted by atomic mass is 35.5. The molecule has 3 N–H and O–H groups in total. The van der Waals surface area contributed by atoms with E-state index >= 15 is 0 Å². The molecule has 3 aliphatic heterocycles. The van der Waals surface area contributed by atoms with E-state index < -0.39 is 5.54 Å². The quantitative estimate of drug-likeness (QED) is 0.779. The summed E-state index contributed by atoms with van der Waals surface area (Å²) < 4.78 is 5.34. The van der Waals surface area contributed by atoms with Crippen molar-refractivity contribution in [3.05, 3.63) is 28.8 Å². The van der Waals surface area contributed by atoms with Gasteiger partial charge in [-0.2, -0.15) is 0 Å². The van der Waals surface area contributed by atoms with Gasteiger partial charge in [0.05, 0.1) is 11.5 Å². The summed E-state index contributed by atoms with van der Waals surface area (Å²) in [5, 5.41) is 3.56. The van der Waals surface area contributed by atoms with Gasteiger partial charge in [-0.15, -0.1) is 12.4 Å². The van der Waals surface area contributed by atoms with E-state index in [1.165, 1.54) is 0 Å². The largest absolute Gasteiger partial charge is 0.381 e. The van der Waals surface area contributed by atoms with Crippen molar-refractivity contribution in [1.29, 1.82) is 0 Å². The third-order valence-electron chi connectivity index (χ3n) is 6.00. The fourth-order valence-corrected chi connectivity index (χ4v) is 4.60. The zero-order chi connectivity index (χ0) is 18.3. The van der Waals surface area contributed by atoms with E-state index in [0.717, 1.165) is 24.1 Å². The average Bonchev–Trinajstić information content (AvgIpc) is 2.96. The number of benzene rings is 1. The van der Waals surface area contributed by atoms with E-state index in [1.807, 2.05) is 17.0 Å². The Labute approximate surface area is 170 Å². The van der Waals surface area contributed by atoms with Gasteiger partial charge in [-0.05, 0) is 49.3 Å². The van der Waals surface area contributed by atoms with Crippen LogP contribution in [0.1, 0.15) is 37.2 Å². The summed E-state index contributed by atoms with van der Waals surface area (Å²) >= 11 is 6.03. The van der Waals surface area contributed by atoms with Crippen molar-refractivity contribution in [2.45, 2.75) is 37.1 Å². The van der Waals surface area contributed by atoms with E-state index in [0.29, 0.717) is 44.2 Å². The smallest absolute Gasteiger partial charge is 0.242 e. The number of fused-ring (bicyclic) bond motifs is 1. The number of carbonyl (C=O) groups is 2. The van der Waals surface area contributed by atoms with Gasteiger partial charge in [0.1, 0.15) is 0 Å². The standard InChI is InChI=1S/C19H24ClN3O3.ClH/c20-13-1-2-14-15(11-13)22-17(24)16(14)12-3-7-23(8-4-12)18(25)19(21)5-9-26-10-6-19;/h1-2,11-12,16H,3-10,21H2,(H,22,24);1H. The number of nitrogens with two attached hydrogens (primary N) is 1. The molecule has 0 aliphatic carbocycles. The van der Waals surface area contributed by atoms with Crippen molar-refractivity contribution in [2.75, 3.05) is 31.6 Å². The minimum absolute atomic E-state index is 0. The number of carbonyl (C=O) groups excluding carboxylic acids is 2. The Balaban J connectivity index is 0.00000210. The topological polar surface area (TPSA) is 84.7 Å². The molecule has 0 radical (unpaired) electrons. The summed E-state index contributed by atoms with van der Waals surface area (Å²) in [5.74, 6) is 0.133. The third kappa shape index (κ3) is 3.81. The second-order valence-electron chi connectivity index (χ2n) is 7.60. The lowest BCUT2D eigenvalue weighted by atomic mass is 9.80. The fraction of sp³-hybridized carbons (Fsp3) is 0.579. The molecule has 148 valence electrons. The number of rotatable bonds is 2. The summed E-state index contributed by atoms with van der Waals surface area (Å²) in [6.07, 6.45) is 2.76. The molecule has 0 spiro atoms. The minimum atomic E-state index is -0.792. The van der Waals surface area contributed by atoms with Crippen LogP contribution in [0.4, 0.5) is 5.69 Å². The number of ether oxygens (including phenoxy) is 1. The predicted molar refractivity (Wildman–Crippen MR) is 106 cm³/mol. The van der Waals surface area contributed by atoms with Crippen molar-refractivity contribution >= 4 is 41.5 Å². The Morgan fingerprint density at radius 3 is 2.59 bits per heavy atom. The number of nitrogens with zero attached hydrogens (tertiary/aromatic N) is 1. The Morgan fingerprint density at radius 2 is 1.93 bits per heavy atom. The lowest BCUT2D eigenvalue weighted by Crippen LogP contribution is -2.59. The van der Waals surface area contributed by atoms with Crippen LogP contribution in [0.3, 0.4) is 0 Å². The highest BCUT2D eigenvalue weighted by Crippen LogP contribution is 2.42. The number of hydrogen-bond donors (Lipinski definition) is 2. The summed E-state index contributed by atoms with van der Waals surface area (Å²) in [7, 11) is 0. The van der Waals surface area contributed by atoms with Crippen LogP contribution in [0.15, 0.2) is 18.2 Å². The van der Waals surface area contributed by atoms with Gasteiger partial charge in [0.15, 0.2) is 0 Å². The van der Waals surface area contributed by atoms with Crippen molar-refractivity contribution in [3.63, 3.8) is 0 Å². The molecule has 2 amide bonds. The van der Waals surface area contributed by atoms with E-state index in [9.17, 15) is 9.59 Å². The van der Waals surface area contributed by atoms with Crippen LogP contribution >= 0.6 is 24.0 Å². The maximum absolute atomic E-state index is 12.9. The Morgan fingerprint density at radius 1 is 1.26 bits per heavy atom. The van der Waals surface area contributed by atoms with Crippen LogP contribution in [-0.2, 0) is 14.3 Å². The number of piperidine rings is 1. The first-order valence-corrected chi connectivity index (χ1v) is 9.62. The average molecular weight is 414 g/mol. The van der Waals surface area contributed by atoms with Gasteiger partial charge in [-0.1, -0.05) is 17.7 Å². The molecule has 0 saturated carbocycles. The number of amides is 2. The first-order valence-electron chi connectivity index (χ1n) is 9.24. The summed E-state index contributed by atoms with van der Waals surface area (Å²) in [5.41, 5.74) is 7.38. The van der Waals surface area contributed by atoms with Gasteiger partial charge in [0.2, 0.25) is 11.8 Å². The first-order chi connectivity index (χ1) is 12.5. The Hall–Kier alpha value is -1.34. The van der Waals surface area contributed by atoms with Crippen LogP contribution < -0.4 is 11.1 Å². The molecule has 2 fully saturated rings. The van der Waals surface area contributed by atoms with Crippen LogP contribution in [0.25, 0.3) is 0 Å². The summed E-state index contributed by atoms with van der Waals surface area (Å²) in [6.45, 7) is 2.38. The highest BCUT2D eigenvalue weighted by Gasteiger charge is 2.43. The number of hydrogen-bond acceptors (Lipinski definition) is 4. The molecule has 2 saturated heterocycles. The minimum Gasteiger partial charge on any atom is -0.381 e. The molecule has 3 heterocycles. The van der Waals surface area contributed by atoms with Gasteiger partial charge < -0.3 is 20.7 Å². The lowest BCUT2D eigenvalue weighted by Gasteiger charge is -2.40. The first kappa shape index (κ1) is 20.4. The van der Waals surface area contributed by atoms with E-state index in [-0.39, 0.29) is 36.1 Å². The van der Waals surface area contributed by atoms with Crippen LogP contribution in [-0.4, -0.2) is 48.6 Å². The predicted octanol–water partition coefficient (Wildman–Crippen LogP) is 2.54. The molecule has 6 nitrogen and oxygen atoms in total. The van der Waals surface area contributed by atoms with Gasteiger partial charge in [0.25, 0.3) is 0 Å². The molecule has 1 aromatic rings. The molecular weight excluding hydrogens is 389 g/mol. The fourth-order valence-electron chi connectivity index (χ4n) is 4.43. The van der Waals surface area contributed by atoms with Crippen molar-refractivity contribution < 1.29 is 14.3 Å². The second kappa shape index (κ2) is 7.95. The molecule has 4 rings (SSSR count). The SMILES string of the molecule is Cl.NC1(C(=O)N2CCC(C3C(=O)Nc4cc(Cl)ccc43)CC2)CCOCC1. The van der Waals surface area contributed by atoms with Crippen molar-refractivity contribution in [2.24, 2.45) is 11.7 Å². The van der Waals surface area contributed by atoms with E-state index in [1.54, 1.807) is 6.07 Å². The maximum atomic E-state index is 12.9. The van der Waals surface area contributed by atoms with Crippen molar-refractivity contribution in [1.82, 2.24) is 4.90 Å². The Kier molecular flexibility index (Phi) is 6.01. The van der Waals surface area contributed by atoms with Gasteiger partial charge in [0, 0.05) is 37.0 Å². The number of likely N-dealkylation sites (tertiary alicyclic amines) is 1. The normalized spacial score (nSPS) is 24.7. The van der Waals surface area contributed by atoms with Gasteiger partial charge >= 0.3 is 0 Å². The van der Waals surface area contributed by atoms with Gasteiger partial charge in [-0.3, -0.25) is 9.59 Å². The molecule has 27 heavy (non-hydrogen) atoms. The molecule has 1 atom stereocenters. The zero-order valence-electron chi connectivity index (χ0n) is 15.1. The molecule has 0 aromatic heterocycles.